The molecule has 0 amide bonds. The molecular weight excluding hydrogens is 316 g/mol. The molecule has 3 heterocycles. The van der Waals surface area contributed by atoms with Gasteiger partial charge in [0.15, 0.2) is 0 Å². The van der Waals surface area contributed by atoms with Crippen molar-refractivity contribution in [3.63, 3.8) is 0 Å². The number of aromatic nitrogens is 4. The highest BCUT2D eigenvalue weighted by molar-refractivity contribution is 5.46. The van der Waals surface area contributed by atoms with E-state index >= 15 is 0 Å². The number of nitrogens with one attached hydrogen (secondary N) is 1. The molecule has 136 valence electrons. The molecule has 1 N–H and O–H groups in total. The van der Waals surface area contributed by atoms with Crippen LogP contribution in [0.25, 0.3) is 0 Å². The van der Waals surface area contributed by atoms with Crippen molar-refractivity contribution in [2.75, 3.05) is 36.5 Å². The van der Waals surface area contributed by atoms with Crippen LogP contribution in [0, 0.1) is 13.8 Å². The molecule has 0 spiro atoms. The molecule has 3 rings (SSSR count). The van der Waals surface area contributed by atoms with E-state index in [0.717, 1.165) is 55.9 Å². The molecule has 7 nitrogen and oxygen atoms in total. The average Bonchev–Trinajstić information content (AvgIpc) is 2.87. The van der Waals surface area contributed by atoms with E-state index in [4.69, 9.17) is 14.7 Å². The van der Waals surface area contributed by atoms with E-state index < -0.39 is 0 Å². The van der Waals surface area contributed by atoms with Crippen molar-refractivity contribution >= 4 is 11.8 Å². The summed E-state index contributed by atoms with van der Waals surface area (Å²) in [7, 11) is 1.98. The van der Waals surface area contributed by atoms with Crippen molar-refractivity contribution in [1.82, 2.24) is 19.7 Å². The van der Waals surface area contributed by atoms with Crippen molar-refractivity contribution < 1.29 is 4.74 Å². The average molecular weight is 344 g/mol. The van der Waals surface area contributed by atoms with E-state index in [-0.39, 0.29) is 6.04 Å². The first kappa shape index (κ1) is 17.7. The minimum absolute atomic E-state index is 0.130. The predicted octanol–water partition coefficient (Wildman–Crippen LogP) is 2.40. The van der Waals surface area contributed by atoms with Crippen molar-refractivity contribution in [3.05, 3.63) is 28.7 Å². The van der Waals surface area contributed by atoms with Crippen LogP contribution in [-0.2, 0) is 18.2 Å². The second-order valence-electron chi connectivity index (χ2n) is 6.57. The number of hydrogen-bond acceptors (Lipinski definition) is 6. The summed E-state index contributed by atoms with van der Waals surface area (Å²) in [5.41, 5.74) is 4.51. The van der Waals surface area contributed by atoms with Crippen LogP contribution >= 0.6 is 0 Å². The monoisotopic (exact) mass is 344 g/mol. The molecule has 0 aliphatic carbocycles. The van der Waals surface area contributed by atoms with Gasteiger partial charge in [-0.15, -0.1) is 0 Å². The van der Waals surface area contributed by atoms with Gasteiger partial charge >= 0.3 is 0 Å². The Morgan fingerprint density at radius 1 is 1.24 bits per heavy atom. The molecule has 2 aromatic heterocycles. The normalized spacial score (nSPS) is 16.1. The lowest BCUT2D eigenvalue weighted by Crippen LogP contribution is -2.37. The number of ether oxygens (including phenoxy) is 1. The Morgan fingerprint density at radius 3 is 2.56 bits per heavy atom. The van der Waals surface area contributed by atoms with Gasteiger partial charge in [-0.25, -0.2) is 4.98 Å². The lowest BCUT2D eigenvalue weighted by molar-refractivity contribution is 0.122. The fraction of sp³-hybridized carbons (Fsp3) is 0.611. The van der Waals surface area contributed by atoms with Gasteiger partial charge in [-0.05, 0) is 27.2 Å². The third-order valence-corrected chi connectivity index (χ3v) is 4.79. The zero-order valence-electron chi connectivity index (χ0n) is 15.8. The lowest BCUT2D eigenvalue weighted by atomic mass is 10.1. The predicted molar refractivity (Wildman–Crippen MR) is 99.2 cm³/mol. The van der Waals surface area contributed by atoms with Crippen LogP contribution in [0.2, 0.25) is 0 Å². The standard InChI is InChI=1S/C18H28N6O/c1-6-15-11-16(21-18(20-15)24-7-9-25-10-8-24)19-12(2)17-13(3)22-23(5)14(17)4/h11-12H,6-10H2,1-5H3,(H,19,20,21). The second-order valence-corrected chi connectivity index (χ2v) is 6.57. The molecule has 1 atom stereocenters. The number of anilines is 2. The van der Waals surface area contributed by atoms with E-state index in [1.807, 2.05) is 17.8 Å². The molecule has 1 saturated heterocycles. The van der Waals surface area contributed by atoms with E-state index in [2.05, 4.69) is 43.0 Å². The molecular formula is C18H28N6O. The van der Waals surface area contributed by atoms with Crippen LogP contribution in [0.5, 0.6) is 0 Å². The molecule has 1 fully saturated rings. The maximum Gasteiger partial charge on any atom is 0.227 e. The van der Waals surface area contributed by atoms with Crippen molar-refractivity contribution in [2.24, 2.45) is 7.05 Å². The minimum Gasteiger partial charge on any atom is -0.378 e. The third kappa shape index (κ3) is 3.76. The second kappa shape index (κ2) is 7.39. The van der Waals surface area contributed by atoms with E-state index in [1.165, 1.54) is 11.3 Å². The van der Waals surface area contributed by atoms with Crippen molar-refractivity contribution in [1.29, 1.82) is 0 Å². The summed E-state index contributed by atoms with van der Waals surface area (Å²) in [6, 6.07) is 2.17. The van der Waals surface area contributed by atoms with Gasteiger partial charge in [0.2, 0.25) is 5.95 Å². The minimum atomic E-state index is 0.130. The summed E-state index contributed by atoms with van der Waals surface area (Å²) in [5.74, 6) is 1.65. The zero-order chi connectivity index (χ0) is 18.0. The number of morpholine rings is 1. The number of rotatable bonds is 5. The number of hydrogen-bond donors (Lipinski definition) is 1. The molecule has 0 radical (unpaired) electrons. The van der Waals surface area contributed by atoms with Gasteiger partial charge in [0, 0.05) is 43.2 Å². The SMILES string of the molecule is CCc1cc(NC(C)c2c(C)nn(C)c2C)nc(N2CCOCC2)n1. The van der Waals surface area contributed by atoms with Crippen LogP contribution in [0.1, 0.15) is 42.5 Å². The molecule has 2 aromatic rings. The summed E-state index contributed by atoms with van der Waals surface area (Å²) in [6.07, 6.45) is 0.883. The largest absolute Gasteiger partial charge is 0.378 e. The summed E-state index contributed by atoms with van der Waals surface area (Å²) in [6.45, 7) is 11.6. The highest BCUT2D eigenvalue weighted by Crippen LogP contribution is 2.25. The van der Waals surface area contributed by atoms with Gasteiger partial charge in [0.1, 0.15) is 5.82 Å². The Balaban J connectivity index is 1.85. The molecule has 25 heavy (non-hydrogen) atoms. The van der Waals surface area contributed by atoms with Crippen molar-refractivity contribution in [3.8, 4) is 0 Å². The number of aryl methyl sites for hydroxylation is 3. The Labute approximate surface area is 149 Å². The summed E-state index contributed by atoms with van der Waals surface area (Å²) < 4.78 is 7.37. The molecule has 0 aromatic carbocycles. The summed E-state index contributed by atoms with van der Waals surface area (Å²) in [4.78, 5) is 11.6. The highest BCUT2D eigenvalue weighted by atomic mass is 16.5. The van der Waals surface area contributed by atoms with Crippen LogP contribution in [-0.4, -0.2) is 46.1 Å². The van der Waals surface area contributed by atoms with Crippen molar-refractivity contribution in [2.45, 2.75) is 40.2 Å². The molecule has 1 aliphatic heterocycles. The van der Waals surface area contributed by atoms with Crippen LogP contribution < -0.4 is 10.2 Å². The molecule has 1 aliphatic rings. The van der Waals surface area contributed by atoms with Gasteiger partial charge in [0.25, 0.3) is 0 Å². The third-order valence-electron chi connectivity index (χ3n) is 4.79. The maximum atomic E-state index is 5.44. The summed E-state index contributed by atoms with van der Waals surface area (Å²) >= 11 is 0. The Hall–Kier alpha value is -2.15. The first-order valence-electron chi connectivity index (χ1n) is 8.96. The first-order valence-corrected chi connectivity index (χ1v) is 8.96. The topological polar surface area (TPSA) is 68.1 Å². The summed E-state index contributed by atoms with van der Waals surface area (Å²) in [5, 5.41) is 8.06. The Kier molecular flexibility index (Phi) is 5.22. The van der Waals surface area contributed by atoms with Gasteiger partial charge < -0.3 is 15.0 Å². The quantitative estimate of drug-likeness (QED) is 0.898. The van der Waals surface area contributed by atoms with Crippen LogP contribution in [0.4, 0.5) is 11.8 Å². The zero-order valence-corrected chi connectivity index (χ0v) is 15.8. The van der Waals surface area contributed by atoms with Gasteiger partial charge in [-0.1, -0.05) is 6.92 Å². The van der Waals surface area contributed by atoms with Crippen LogP contribution in [0.3, 0.4) is 0 Å². The van der Waals surface area contributed by atoms with Gasteiger partial charge in [-0.3, -0.25) is 4.68 Å². The molecule has 1 unspecified atom stereocenters. The first-order chi connectivity index (χ1) is 12.0. The lowest BCUT2D eigenvalue weighted by Gasteiger charge is -2.27. The Morgan fingerprint density at radius 2 is 1.96 bits per heavy atom. The maximum absolute atomic E-state index is 5.44. The fourth-order valence-corrected chi connectivity index (χ4v) is 3.35. The molecule has 0 saturated carbocycles. The highest BCUT2D eigenvalue weighted by Gasteiger charge is 2.19. The number of nitrogens with zero attached hydrogens (tertiary/aromatic N) is 5. The Bertz CT molecular complexity index is 735. The van der Waals surface area contributed by atoms with E-state index in [0.29, 0.717) is 0 Å². The smallest absolute Gasteiger partial charge is 0.227 e. The van der Waals surface area contributed by atoms with E-state index in [9.17, 15) is 0 Å². The van der Waals surface area contributed by atoms with E-state index in [1.54, 1.807) is 0 Å². The molecule has 7 heteroatoms. The van der Waals surface area contributed by atoms with Gasteiger partial charge in [0.05, 0.1) is 24.9 Å². The fourth-order valence-electron chi connectivity index (χ4n) is 3.35. The van der Waals surface area contributed by atoms with Crippen LogP contribution in [0.15, 0.2) is 6.07 Å². The molecule has 0 bridgehead atoms. The van der Waals surface area contributed by atoms with Gasteiger partial charge in [-0.2, -0.15) is 10.1 Å².